The van der Waals surface area contributed by atoms with Crippen LogP contribution in [-0.4, -0.2) is 45.2 Å². The van der Waals surface area contributed by atoms with Gasteiger partial charge in [0.1, 0.15) is 0 Å². The first-order chi connectivity index (χ1) is 7.04. The minimum Gasteiger partial charge on any atom is -0.317 e. The molecule has 0 heterocycles. The summed E-state index contributed by atoms with van der Waals surface area (Å²) in [6.45, 7) is 7.69. The van der Waals surface area contributed by atoms with E-state index in [1.165, 1.54) is 4.31 Å². The first kappa shape index (κ1) is 14.6. The average molecular weight is 234 g/mol. The summed E-state index contributed by atoms with van der Waals surface area (Å²) in [4.78, 5) is 0. The van der Waals surface area contributed by atoms with E-state index in [0.717, 1.165) is 19.5 Å². The van der Waals surface area contributed by atoms with E-state index >= 15 is 0 Å². The first-order valence-electron chi connectivity index (χ1n) is 5.30. The van der Waals surface area contributed by atoms with Gasteiger partial charge in [-0.25, -0.2) is 12.7 Å². The molecule has 5 heteroatoms. The molecule has 90 valence electrons. The third-order valence-corrected chi connectivity index (χ3v) is 3.95. The number of nitrogens with one attached hydrogen (secondary N) is 1. The lowest BCUT2D eigenvalue weighted by Crippen LogP contribution is -2.30. The highest BCUT2D eigenvalue weighted by Crippen LogP contribution is 1.99. The summed E-state index contributed by atoms with van der Waals surface area (Å²) in [6.07, 6.45) is 3.32. The van der Waals surface area contributed by atoms with Gasteiger partial charge in [-0.05, 0) is 25.9 Å². The van der Waals surface area contributed by atoms with Crippen LogP contribution in [0, 0.1) is 0 Å². The number of likely N-dealkylation sites (N-methyl/N-ethyl adjacent to an activating group) is 1. The van der Waals surface area contributed by atoms with Gasteiger partial charge in [0.2, 0.25) is 10.0 Å². The van der Waals surface area contributed by atoms with Crippen LogP contribution < -0.4 is 5.32 Å². The molecule has 0 aliphatic carbocycles. The standard InChI is InChI=1S/C10H22N2O2S/c1-4-7-11-8-6-10-15(13,14)12(3)9-5-2/h5,11H,2,4,6-10H2,1,3H3. The van der Waals surface area contributed by atoms with Crippen LogP contribution in [-0.2, 0) is 10.0 Å². The number of rotatable bonds is 9. The van der Waals surface area contributed by atoms with Gasteiger partial charge >= 0.3 is 0 Å². The second kappa shape index (κ2) is 7.84. The van der Waals surface area contributed by atoms with Crippen LogP contribution in [0.3, 0.4) is 0 Å². The van der Waals surface area contributed by atoms with Gasteiger partial charge in [-0.2, -0.15) is 0 Å². The van der Waals surface area contributed by atoms with Crippen molar-refractivity contribution in [3.05, 3.63) is 12.7 Å². The molecule has 0 unspecified atom stereocenters. The molecule has 0 aromatic rings. The quantitative estimate of drug-likeness (QED) is 0.475. The van der Waals surface area contributed by atoms with E-state index < -0.39 is 10.0 Å². The van der Waals surface area contributed by atoms with Crippen molar-refractivity contribution in [2.24, 2.45) is 0 Å². The second-order valence-corrected chi connectivity index (χ2v) is 5.68. The Bertz CT molecular complexity index is 263. The van der Waals surface area contributed by atoms with E-state index in [-0.39, 0.29) is 5.75 Å². The SMILES string of the molecule is C=CCN(C)S(=O)(=O)CCCNCCC. The molecule has 0 bridgehead atoms. The largest absolute Gasteiger partial charge is 0.317 e. The lowest BCUT2D eigenvalue weighted by molar-refractivity contribution is 0.496. The predicted molar refractivity (Wildman–Crippen MR) is 64.4 cm³/mol. The van der Waals surface area contributed by atoms with Crippen LogP contribution in [0.2, 0.25) is 0 Å². The Labute approximate surface area is 93.4 Å². The molecule has 0 spiro atoms. The molecule has 0 atom stereocenters. The van der Waals surface area contributed by atoms with Crippen molar-refractivity contribution < 1.29 is 8.42 Å². The van der Waals surface area contributed by atoms with E-state index in [1.54, 1.807) is 13.1 Å². The molecule has 0 aromatic heterocycles. The minimum atomic E-state index is -3.09. The van der Waals surface area contributed by atoms with Crippen molar-refractivity contribution in [1.82, 2.24) is 9.62 Å². The maximum Gasteiger partial charge on any atom is 0.214 e. The lowest BCUT2D eigenvalue weighted by atomic mass is 10.4. The summed E-state index contributed by atoms with van der Waals surface area (Å²) in [5.41, 5.74) is 0. The van der Waals surface area contributed by atoms with E-state index in [1.807, 2.05) is 0 Å². The highest BCUT2D eigenvalue weighted by molar-refractivity contribution is 7.89. The lowest BCUT2D eigenvalue weighted by Gasteiger charge is -2.14. The van der Waals surface area contributed by atoms with Gasteiger partial charge in [0.05, 0.1) is 5.75 Å². The van der Waals surface area contributed by atoms with E-state index in [9.17, 15) is 8.42 Å². The van der Waals surface area contributed by atoms with Crippen LogP contribution in [0.15, 0.2) is 12.7 Å². The molecule has 0 radical (unpaired) electrons. The Morgan fingerprint density at radius 2 is 2.07 bits per heavy atom. The zero-order valence-electron chi connectivity index (χ0n) is 9.70. The van der Waals surface area contributed by atoms with Gasteiger partial charge in [0.15, 0.2) is 0 Å². The van der Waals surface area contributed by atoms with Crippen molar-refractivity contribution in [1.29, 1.82) is 0 Å². The fraction of sp³-hybridized carbons (Fsp3) is 0.800. The first-order valence-corrected chi connectivity index (χ1v) is 6.91. The van der Waals surface area contributed by atoms with Crippen LogP contribution >= 0.6 is 0 Å². The Balaban J connectivity index is 3.79. The molecule has 0 aliphatic rings. The molecular weight excluding hydrogens is 212 g/mol. The summed E-state index contributed by atoms with van der Waals surface area (Å²) < 4.78 is 24.5. The van der Waals surface area contributed by atoms with Crippen LogP contribution in [0.4, 0.5) is 0 Å². The molecule has 1 N–H and O–H groups in total. The van der Waals surface area contributed by atoms with Crippen molar-refractivity contribution in [2.45, 2.75) is 19.8 Å². The van der Waals surface area contributed by atoms with Crippen LogP contribution in [0.25, 0.3) is 0 Å². The molecule has 0 fully saturated rings. The zero-order valence-corrected chi connectivity index (χ0v) is 10.5. The third-order valence-electron chi connectivity index (χ3n) is 2.04. The van der Waals surface area contributed by atoms with Gasteiger partial charge in [0.25, 0.3) is 0 Å². The highest BCUT2D eigenvalue weighted by atomic mass is 32.2. The number of hydrogen-bond acceptors (Lipinski definition) is 3. The van der Waals surface area contributed by atoms with Gasteiger partial charge < -0.3 is 5.32 Å². The molecule has 0 saturated heterocycles. The average Bonchev–Trinajstić information content (AvgIpc) is 2.18. The molecule has 0 amide bonds. The van der Waals surface area contributed by atoms with E-state index in [4.69, 9.17) is 0 Å². The summed E-state index contributed by atoms with van der Waals surface area (Å²) in [7, 11) is -1.51. The normalized spacial score (nSPS) is 11.9. The summed E-state index contributed by atoms with van der Waals surface area (Å²) in [6, 6.07) is 0. The van der Waals surface area contributed by atoms with Crippen molar-refractivity contribution in [3.63, 3.8) is 0 Å². The van der Waals surface area contributed by atoms with Gasteiger partial charge in [-0.3, -0.25) is 0 Å². The molecule has 0 rings (SSSR count). The topological polar surface area (TPSA) is 49.4 Å². The Kier molecular flexibility index (Phi) is 7.64. The monoisotopic (exact) mass is 234 g/mol. The summed E-state index contributed by atoms with van der Waals surface area (Å²) in [5.74, 6) is 0.202. The van der Waals surface area contributed by atoms with E-state index in [0.29, 0.717) is 13.0 Å². The fourth-order valence-electron chi connectivity index (χ4n) is 1.13. The molecule has 4 nitrogen and oxygen atoms in total. The molecular formula is C10H22N2O2S. The van der Waals surface area contributed by atoms with Gasteiger partial charge in [-0.1, -0.05) is 13.0 Å². The molecule has 0 aromatic carbocycles. The van der Waals surface area contributed by atoms with Crippen molar-refractivity contribution >= 4 is 10.0 Å². The van der Waals surface area contributed by atoms with Crippen molar-refractivity contribution in [3.8, 4) is 0 Å². The zero-order chi connectivity index (χ0) is 11.7. The van der Waals surface area contributed by atoms with Crippen LogP contribution in [0.1, 0.15) is 19.8 Å². The van der Waals surface area contributed by atoms with Crippen molar-refractivity contribution in [2.75, 3.05) is 32.4 Å². The Hall–Kier alpha value is -0.390. The Morgan fingerprint density at radius 3 is 2.60 bits per heavy atom. The maximum absolute atomic E-state index is 11.6. The fourth-order valence-corrected chi connectivity index (χ4v) is 2.29. The van der Waals surface area contributed by atoms with E-state index in [2.05, 4.69) is 18.8 Å². The number of nitrogens with zero attached hydrogens (tertiary/aromatic N) is 1. The summed E-state index contributed by atoms with van der Waals surface area (Å²) in [5, 5.41) is 3.18. The second-order valence-electron chi connectivity index (χ2n) is 3.49. The number of sulfonamides is 1. The Morgan fingerprint density at radius 1 is 1.40 bits per heavy atom. The highest BCUT2D eigenvalue weighted by Gasteiger charge is 2.15. The maximum atomic E-state index is 11.6. The van der Waals surface area contributed by atoms with Crippen LogP contribution in [0.5, 0.6) is 0 Å². The van der Waals surface area contributed by atoms with Gasteiger partial charge in [-0.15, -0.1) is 6.58 Å². The predicted octanol–water partition coefficient (Wildman–Crippen LogP) is 0.824. The number of hydrogen-bond donors (Lipinski definition) is 1. The molecule has 15 heavy (non-hydrogen) atoms. The minimum absolute atomic E-state index is 0.202. The molecule has 0 saturated carbocycles. The summed E-state index contributed by atoms with van der Waals surface area (Å²) >= 11 is 0. The molecule has 0 aliphatic heterocycles. The van der Waals surface area contributed by atoms with Gasteiger partial charge in [0, 0.05) is 13.6 Å². The third kappa shape index (κ3) is 6.65. The smallest absolute Gasteiger partial charge is 0.214 e.